The number of anilines is 1. The summed E-state index contributed by atoms with van der Waals surface area (Å²) in [6.45, 7) is 1.12. The standard InChI is InChI=1S/C18H17F3N4O3/c19-18(20,21)14-5-2-1-4-13(14)16(27)28-12-15(26)24-8-10-25(11-9-24)17-22-6-3-7-23-17/h1-7H,8-12H2. The third-order valence-corrected chi connectivity index (χ3v) is 4.25. The van der Waals surface area contributed by atoms with E-state index in [1.807, 2.05) is 4.90 Å². The molecule has 148 valence electrons. The van der Waals surface area contributed by atoms with Crippen molar-refractivity contribution in [1.29, 1.82) is 0 Å². The van der Waals surface area contributed by atoms with E-state index in [0.717, 1.165) is 12.1 Å². The third-order valence-electron chi connectivity index (χ3n) is 4.25. The first-order valence-electron chi connectivity index (χ1n) is 8.49. The lowest BCUT2D eigenvalue weighted by molar-refractivity contribution is -0.138. The first-order valence-corrected chi connectivity index (χ1v) is 8.49. The second-order valence-corrected chi connectivity index (χ2v) is 6.04. The summed E-state index contributed by atoms with van der Waals surface area (Å²) in [6, 6.07) is 6.01. The average molecular weight is 394 g/mol. The van der Waals surface area contributed by atoms with Crippen LogP contribution in [0.4, 0.5) is 19.1 Å². The highest BCUT2D eigenvalue weighted by molar-refractivity contribution is 5.93. The van der Waals surface area contributed by atoms with Crippen molar-refractivity contribution in [2.75, 3.05) is 37.7 Å². The van der Waals surface area contributed by atoms with E-state index in [1.54, 1.807) is 18.5 Å². The van der Waals surface area contributed by atoms with E-state index in [1.165, 1.54) is 17.0 Å². The number of aromatic nitrogens is 2. The van der Waals surface area contributed by atoms with Gasteiger partial charge in [-0.2, -0.15) is 13.2 Å². The second-order valence-electron chi connectivity index (χ2n) is 6.04. The molecule has 2 aromatic rings. The molecule has 1 aromatic heterocycles. The van der Waals surface area contributed by atoms with Crippen molar-refractivity contribution < 1.29 is 27.5 Å². The Morgan fingerprint density at radius 2 is 1.64 bits per heavy atom. The highest BCUT2D eigenvalue weighted by Gasteiger charge is 2.35. The molecule has 3 rings (SSSR count). The summed E-state index contributed by atoms with van der Waals surface area (Å²) < 4.78 is 43.8. The smallest absolute Gasteiger partial charge is 0.417 e. The molecule has 1 aromatic carbocycles. The van der Waals surface area contributed by atoms with Gasteiger partial charge >= 0.3 is 12.1 Å². The molecule has 0 bridgehead atoms. The van der Waals surface area contributed by atoms with Gasteiger partial charge in [0, 0.05) is 38.6 Å². The summed E-state index contributed by atoms with van der Waals surface area (Å²) >= 11 is 0. The number of carbonyl (C=O) groups excluding carboxylic acids is 2. The summed E-state index contributed by atoms with van der Waals surface area (Å²) in [6.07, 6.45) is -1.44. The van der Waals surface area contributed by atoms with Crippen LogP contribution in [0.1, 0.15) is 15.9 Å². The molecule has 0 saturated carbocycles. The predicted molar refractivity (Wildman–Crippen MR) is 92.6 cm³/mol. The lowest BCUT2D eigenvalue weighted by Gasteiger charge is -2.34. The van der Waals surface area contributed by atoms with Crippen LogP contribution in [0, 0.1) is 0 Å². The molecule has 1 aliphatic heterocycles. The molecule has 0 N–H and O–H groups in total. The van der Waals surface area contributed by atoms with Gasteiger partial charge in [0.2, 0.25) is 5.95 Å². The highest BCUT2D eigenvalue weighted by atomic mass is 19.4. The molecule has 2 heterocycles. The molecule has 1 fully saturated rings. The fraction of sp³-hybridized carbons (Fsp3) is 0.333. The number of benzene rings is 1. The van der Waals surface area contributed by atoms with Crippen LogP contribution >= 0.6 is 0 Å². The zero-order valence-electron chi connectivity index (χ0n) is 14.7. The van der Waals surface area contributed by atoms with Crippen LogP contribution in [0.2, 0.25) is 0 Å². The van der Waals surface area contributed by atoms with Crippen molar-refractivity contribution in [2.24, 2.45) is 0 Å². The van der Waals surface area contributed by atoms with Gasteiger partial charge in [-0.25, -0.2) is 14.8 Å². The molecule has 0 spiro atoms. The number of hydrogen-bond acceptors (Lipinski definition) is 6. The van der Waals surface area contributed by atoms with E-state index < -0.39 is 35.8 Å². The maximum Gasteiger partial charge on any atom is 0.417 e. The Balaban J connectivity index is 1.53. The number of nitrogens with zero attached hydrogens (tertiary/aromatic N) is 4. The quantitative estimate of drug-likeness (QED) is 0.739. The van der Waals surface area contributed by atoms with Crippen molar-refractivity contribution in [2.45, 2.75) is 6.18 Å². The van der Waals surface area contributed by atoms with Crippen LogP contribution in [0.5, 0.6) is 0 Å². The fourth-order valence-corrected chi connectivity index (χ4v) is 2.82. The minimum absolute atomic E-state index is 0.369. The molecule has 0 aliphatic carbocycles. The molecule has 7 nitrogen and oxygen atoms in total. The molecule has 0 unspecified atom stereocenters. The van der Waals surface area contributed by atoms with Crippen LogP contribution in [0.3, 0.4) is 0 Å². The third kappa shape index (κ3) is 4.56. The number of halogens is 3. The summed E-state index contributed by atoms with van der Waals surface area (Å²) in [7, 11) is 0. The Labute approximate surface area is 158 Å². The van der Waals surface area contributed by atoms with Gasteiger partial charge < -0.3 is 14.5 Å². The van der Waals surface area contributed by atoms with E-state index >= 15 is 0 Å². The Bertz CT molecular complexity index is 837. The van der Waals surface area contributed by atoms with E-state index in [0.29, 0.717) is 32.1 Å². The Morgan fingerprint density at radius 3 is 2.29 bits per heavy atom. The summed E-state index contributed by atoms with van der Waals surface area (Å²) in [5, 5.41) is 0. The number of ether oxygens (including phenoxy) is 1. The van der Waals surface area contributed by atoms with Gasteiger partial charge in [-0.3, -0.25) is 4.79 Å². The highest BCUT2D eigenvalue weighted by Crippen LogP contribution is 2.32. The molecule has 1 aliphatic rings. The van der Waals surface area contributed by atoms with Gasteiger partial charge in [-0.1, -0.05) is 12.1 Å². The Morgan fingerprint density at radius 1 is 1.00 bits per heavy atom. The number of alkyl halides is 3. The van der Waals surface area contributed by atoms with Gasteiger partial charge in [-0.15, -0.1) is 0 Å². The van der Waals surface area contributed by atoms with Gasteiger partial charge in [0.05, 0.1) is 11.1 Å². The number of esters is 1. The number of carbonyl (C=O) groups is 2. The van der Waals surface area contributed by atoms with E-state index in [9.17, 15) is 22.8 Å². The lowest BCUT2D eigenvalue weighted by Crippen LogP contribution is -2.50. The van der Waals surface area contributed by atoms with Crippen molar-refractivity contribution in [1.82, 2.24) is 14.9 Å². The SMILES string of the molecule is O=C(OCC(=O)N1CCN(c2ncccn2)CC1)c1ccccc1C(F)(F)F. The largest absolute Gasteiger partial charge is 0.452 e. The maximum absolute atomic E-state index is 13.0. The topological polar surface area (TPSA) is 75.6 Å². The minimum atomic E-state index is -4.69. The van der Waals surface area contributed by atoms with Crippen LogP contribution in [0.15, 0.2) is 42.7 Å². The molecule has 10 heteroatoms. The molecule has 1 saturated heterocycles. The maximum atomic E-state index is 13.0. The zero-order valence-corrected chi connectivity index (χ0v) is 14.7. The first kappa shape index (κ1) is 19.6. The molecular weight excluding hydrogens is 377 g/mol. The molecule has 28 heavy (non-hydrogen) atoms. The zero-order chi connectivity index (χ0) is 20.1. The predicted octanol–water partition coefficient (Wildman–Crippen LogP) is 2.00. The van der Waals surface area contributed by atoms with Gasteiger partial charge in [-0.05, 0) is 18.2 Å². The second kappa shape index (κ2) is 8.24. The monoisotopic (exact) mass is 394 g/mol. The summed E-state index contributed by atoms with van der Waals surface area (Å²) in [5.74, 6) is -1.09. The number of hydrogen-bond donors (Lipinski definition) is 0. The van der Waals surface area contributed by atoms with Crippen molar-refractivity contribution in [3.05, 3.63) is 53.9 Å². The Kier molecular flexibility index (Phi) is 5.76. The molecule has 1 amide bonds. The lowest BCUT2D eigenvalue weighted by atomic mass is 10.1. The van der Waals surface area contributed by atoms with Crippen LogP contribution in [0.25, 0.3) is 0 Å². The number of piperazine rings is 1. The van der Waals surface area contributed by atoms with Crippen LogP contribution in [-0.2, 0) is 15.7 Å². The fourth-order valence-electron chi connectivity index (χ4n) is 2.82. The number of rotatable bonds is 4. The molecule has 0 radical (unpaired) electrons. The first-order chi connectivity index (χ1) is 13.4. The molecular formula is C18H17F3N4O3. The van der Waals surface area contributed by atoms with Crippen LogP contribution in [-0.4, -0.2) is 59.5 Å². The minimum Gasteiger partial charge on any atom is -0.452 e. The van der Waals surface area contributed by atoms with Crippen LogP contribution < -0.4 is 4.90 Å². The van der Waals surface area contributed by atoms with E-state index in [4.69, 9.17) is 4.74 Å². The van der Waals surface area contributed by atoms with Crippen molar-refractivity contribution >= 4 is 17.8 Å². The summed E-state index contributed by atoms with van der Waals surface area (Å²) in [5.41, 5.74) is -1.71. The van der Waals surface area contributed by atoms with E-state index in [-0.39, 0.29) is 0 Å². The van der Waals surface area contributed by atoms with Gasteiger partial charge in [0.15, 0.2) is 6.61 Å². The van der Waals surface area contributed by atoms with Gasteiger partial charge in [0.1, 0.15) is 0 Å². The average Bonchev–Trinajstić information content (AvgIpc) is 2.72. The van der Waals surface area contributed by atoms with Crippen molar-refractivity contribution in [3.8, 4) is 0 Å². The summed E-state index contributed by atoms with van der Waals surface area (Å²) in [4.78, 5) is 35.9. The van der Waals surface area contributed by atoms with E-state index in [2.05, 4.69) is 9.97 Å². The number of amides is 1. The Hall–Kier alpha value is -3.17. The van der Waals surface area contributed by atoms with Crippen molar-refractivity contribution in [3.63, 3.8) is 0 Å². The molecule has 0 atom stereocenters. The van der Waals surface area contributed by atoms with Gasteiger partial charge in [0.25, 0.3) is 5.91 Å². The normalized spacial score (nSPS) is 14.7.